The second kappa shape index (κ2) is 5.77. The van der Waals surface area contributed by atoms with Gasteiger partial charge in [0.1, 0.15) is 0 Å². The first-order valence-electron chi connectivity index (χ1n) is 7.23. The van der Waals surface area contributed by atoms with E-state index in [9.17, 15) is 4.79 Å². The van der Waals surface area contributed by atoms with Crippen LogP contribution < -0.4 is 10.2 Å². The van der Waals surface area contributed by atoms with Crippen LogP contribution in [0.25, 0.3) is 0 Å². The lowest BCUT2D eigenvalue weighted by Crippen LogP contribution is -2.33. The summed E-state index contributed by atoms with van der Waals surface area (Å²) < 4.78 is 0. The van der Waals surface area contributed by atoms with E-state index in [1.165, 1.54) is 12.8 Å². The van der Waals surface area contributed by atoms with Crippen LogP contribution in [0.5, 0.6) is 0 Å². The molecule has 5 heteroatoms. The van der Waals surface area contributed by atoms with Crippen LogP contribution in [0.1, 0.15) is 50.5 Å². The highest BCUT2D eigenvalue weighted by Crippen LogP contribution is 2.32. The fraction of sp³-hybridized carbons (Fsp3) is 0.667. The summed E-state index contributed by atoms with van der Waals surface area (Å²) in [7, 11) is 1.59. The van der Waals surface area contributed by atoms with Gasteiger partial charge in [-0.25, -0.2) is 0 Å². The van der Waals surface area contributed by atoms with Crippen LogP contribution >= 0.6 is 0 Å². The van der Waals surface area contributed by atoms with Crippen LogP contribution in [-0.2, 0) is 0 Å². The molecule has 1 aliphatic rings. The number of hydrogen-bond acceptors (Lipinski definition) is 4. The van der Waals surface area contributed by atoms with E-state index in [2.05, 4.69) is 41.2 Å². The molecule has 20 heavy (non-hydrogen) atoms. The summed E-state index contributed by atoms with van der Waals surface area (Å²) in [6.45, 7) is 7.83. The SMILES string of the molecule is CNC(=O)c1ccc(N2CCCC2CC(C)(C)C)nn1. The number of rotatable bonds is 3. The highest BCUT2D eigenvalue weighted by molar-refractivity contribution is 5.91. The maximum atomic E-state index is 11.5. The van der Waals surface area contributed by atoms with Crippen molar-refractivity contribution in [2.45, 2.75) is 46.1 Å². The lowest BCUT2D eigenvalue weighted by atomic mass is 9.87. The number of aromatic nitrogens is 2. The molecule has 2 heterocycles. The van der Waals surface area contributed by atoms with E-state index in [1.54, 1.807) is 13.1 Å². The molecule has 1 N–H and O–H groups in total. The Balaban J connectivity index is 2.12. The zero-order chi connectivity index (χ0) is 14.8. The summed E-state index contributed by atoms with van der Waals surface area (Å²) in [6.07, 6.45) is 3.54. The van der Waals surface area contributed by atoms with Crippen LogP contribution in [-0.4, -0.2) is 35.7 Å². The Morgan fingerprint density at radius 3 is 2.70 bits per heavy atom. The average Bonchev–Trinajstić information content (AvgIpc) is 2.84. The molecule has 1 atom stereocenters. The topological polar surface area (TPSA) is 58.1 Å². The molecule has 110 valence electrons. The summed E-state index contributed by atoms with van der Waals surface area (Å²) >= 11 is 0. The van der Waals surface area contributed by atoms with Crippen molar-refractivity contribution in [2.75, 3.05) is 18.5 Å². The van der Waals surface area contributed by atoms with Gasteiger partial charge < -0.3 is 10.2 Å². The highest BCUT2D eigenvalue weighted by atomic mass is 16.1. The van der Waals surface area contributed by atoms with E-state index >= 15 is 0 Å². The van der Waals surface area contributed by atoms with Crippen molar-refractivity contribution in [1.29, 1.82) is 0 Å². The Bertz CT molecular complexity index is 464. The Morgan fingerprint density at radius 1 is 1.40 bits per heavy atom. The fourth-order valence-electron chi connectivity index (χ4n) is 2.78. The lowest BCUT2D eigenvalue weighted by molar-refractivity contribution is 0.0957. The van der Waals surface area contributed by atoms with Crippen molar-refractivity contribution < 1.29 is 4.79 Å². The van der Waals surface area contributed by atoms with Crippen molar-refractivity contribution in [3.8, 4) is 0 Å². The van der Waals surface area contributed by atoms with Gasteiger partial charge in [0.2, 0.25) is 0 Å². The molecule has 1 saturated heterocycles. The number of nitrogens with one attached hydrogen (secondary N) is 1. The Labute approximate surface area is 120 Å². The molecule has 0 bridgehead atoms. The molecule has 1 aromatic rings. The summed E-state index contributed by atoms with van der Waals surface area (Å²) in [4.78, 5) is 13.8. The predicted octanol–water partition coefficient (Wildman–Crippen LogP) is 2.24. The molecule has 1 aromatic heterocycles. The zero-order valence-corrected chi connectivity index (χ0v) is 12.8. The van der Waals surface area contributed by atoms with Crippen LogP contribution in [0.2, 0.25) is 0 Å². The van der Waals surface area contributed by atoms with E-state index in [-0.39, 0.29) is 5.91 Å². The van der Waals surface area contributed by atoms with Gasteiger partial charge in [-0.3, -0.25) is 4.79 Å². The van der Waals surface area contributed by atoms with E-state index < -0.39 is 0 Å². The molecule has 0 aliphatic carbocycles. The Hall–Kier alpha value is -1.65. The lowest BCUT2D eigenvalue weighted by Gasteiger charge is -2.30. The molecule has 1 aliphatic heterocycles. The van der Waals surface area contributed by atoms with Gasteiger partial charge >= 0.3 is 0 Å². The molecule has 0 spiro atoms. The van der Waals surface area contributed by atoms with E-state index in [0.29, 0.717) is 17.2 Å². The van der Waals surface area contributed by atoms with E-state index in [0.717, 1.165) is 18.8 Å². The maximum absolute atomic E-state index is 11.5. The first kappa shape index (κ1) is 14.8. The van der Waals surface area contributed by atoms with Crippen LogP contribution in [0, 0.1) is 5.41 Å². The van der Waals surface area contributed by atoms with Gasteiger partial charge in [-0.15, -0.1) is 10.2 Å². The third-order valence-electron chi connectivity index (χ3n) is 3.63. The maximum Gasteiger partial charge on any atom is 0.271 e. The largest absolute Gasteiger partial charge is 0.354 e. The van der Waals surface area contributed by atoms with E-state index in [4.69, 9.17) is 0 Å². The third kappa shape index (κ3) is 3.46. The molecule has 1 amide bonds. The minimum absolute atomic E-state index is 0.197. The van der Waals surface area contributed by atoms with Crippen molar-refractivity contribution in [2.24, 2.45) is 5.41 Å². The summed E-state index contributed by atoms with van der Waals surface area (Å²) in [5.74, 6) is 0.682. The molecular formula is C15H24N4O. The third-order valence-corrected chi connectivity index (χ3v) is 3.63. The Morgan fingerprint density at radius 2 is 2.15 bits per heavy atom. The number of carbonyl (C=O) groups excluding carboxylic acids is 1. The molecule has 0 aromatic carbocycles. The predicted molar refractivity (Wildman–Crippen MR) is 79.9 cm³/mol. The fourth-order valence-corrected chi connectivity index (χ4v) is 2.78. The minimum Gasteiger partial charge on any atom is -0.354 e. The summed E-state index contributed by atoms with van der Waals surface area (Å²) in [5.41, 5.74) is 0.672. The van der Waals surface area contributed by atoms with Gasteiger partial charge in [0.25, 0.3) is 5.91 Å². The summed E-state index contributed by atoms with van der Waals surface area (Å²) in [6, 6.07) is 4.17. The van der Waals surface area contributed by atoms with Gasteiger partial charge in [0.05, 0.1) is 0 Å². The van der Waals surface area contributed by atoms with Gasteiger partial charge in [-0.05, 0) is 36.8 Å². The van der Waals surface area contributed by atoms with E-state index in [1.807, 2.05) is 6.07 Å². The zero-order valence-electron chi connectivity index (χ0n) is 12.8. The number of carbonyl (C=O) groups is 1. The summed E-state index contributed by atoms with van der Waals surface area (Å²) in [5, 5.41) is 10.8. The van der Waals surface area contributed by atoms with Gasteiger partial charge in [-0.1, -0.05) is 20.8 Å². The average molecular weight is 276 g/mol. The smallest absolute Gasteiger partial charge is 0.271 e. The van der Waals surface area contributed by atoms with Crippen LogP contribution in [0.15, 0.2) is 12.1 Å². The first-order chi connectivity index (χ1) is 9.40. The quantitative estimate of drug-likeness (QED) is 0.920. The van der Waals surface area contributed by atoms with Crippen LogP contribution in [0.3, 0.4) is 0 Å². The second-order valence-corrected chi connectivity index (χ2v) is 6.61. The normalized spacial score (nSPS) is 19.2. The number of nitrogens with zero attached hydrogens (tertiary/aromatic N) is 3. The van der Waals surface area contributed by atoms with Crippen molar-refractivity contribution >= 4 is 11.7 Å². The van der Waals surface area contributed by atoms with Gasteiger partial charge in [0, 0.05) is 19.6 Å². The van der Waals surface area contributed by atoms with Gasteiger partial charge in [-0.2, -0.15) is 0 Å². The number of anilines is 1. The monoisotopic (exact) mass is 276 g/mol. The first-order valence-corrected chi connectivity index (χ1v) is 7.23. The molecule has 0 radical (unpaired) electrons. The van der Waals surface area contributed by atoms with Crippen molar-refractivity contribution in [3.63, 3.8) is 0 Å². The minimum atomic E-state index is -0.197. The molecular weight excluding hydrogens is 252 g/mol. The Kier molecular flexibility index (Phi) is 4.26. The number of hydrogen-bond donors (Lipinski definition) is 1. The second-order valence-electron chi connectivity index (χ2n) is 6.61. The van der Waals surface area contributed by atoms with Crippen molar-refractivity contribution in [1.82, 2.24) is 15.5 Å². The standard InChI is InChI=1S/C15H24N4O/c1-15(2,3)10-11-6-5-9-19(11)13-8-7-12(17-18-13)14(20)16-4/h7-8,11H,5-6,9-10H2,1-4H3,(H,16,20). The molecule has 1 unspecified atom stereocenters. The molecule has 2 rings (SSSR count). The molecule has 1 fully saturated rings. The molecule has 5 nitrogen and oxygen atoms in total. The molecule has 0 saturated carbocycles. The van der Waals surface area contributed by atoms with Gasteiger partial charge in [0.15, 0.2) is 11.5 Å². The highest BCUT2D eigenvalue weighted by Gasteiger charge is 2.29. The van der Waals surface area contributed by atoms with Crippen molar-refractivity contribution in [3.05, 3.63) is 17.8 Å². The van der Waals surface area contributed by atoms with Crippen LogP contribution in [0.4, 0.5) is 5.82 Å². The number of amides is 1.